The van der Waals surface area contributed by atoms with Gasteiger partial charge in [0, 0.05) is 17.0 Å². The molecular weight excluding hydrogens is 311 g/mol. The van der Waals surface area contributed by atoms with Crippen molar-refractivity contribution in [3.05, 3.63) is 63.9 Å². The summed E-state index contributed by atoms with van der Waals surface area (Å²) >= 11 is 12.0. The molecule has 0 aliphatic heterocycles. The van der Waals surface area contributed by atoms with Gasteiger partial charge in [-0.15, -0.1) is 0 Å². The highest BCUT2D eigenvalue weighted by atomic mass is 35.5. The van der Waals surface area contributed by atoms with Crippen LogP contribution in [0.4, 0.5) is 0 Å². The second-order valence-electron chi connectivity index (χ2n) is 4.45. The van der Waals surface area contributed by atoms with Crippen molar-refractivity contribution < 1.29 is 9.63 Å². The molecule has 0 saturated carbocycles. The summed E-state index contributed by atoms with van der Waals surface area (Å²) in [4.78, 5) is 4.31. The Hall–Kier alpha value is -2.04. The van der Waals surface area contributed by atoms with Crippen molar-refractivity contribution in [2.75, 3.05) is 0 Å². The van der Waals surface area contributed by atoms with E-state index in [0.717, 1.165) is 5.56 Å². The van der Waals surface area contributed by atoms with Gasteiger partial charge in [0.25, 0.3) is 5.89 Å². The first-order valence-electron chi connectivity index (χ1n) is 6.18. The summed E-state index contributed by atoms with van der Waals surface area (Å²) in [5.41, 5.74) is 1.57. The van der Waals surface area contributed by atoms with Crippen LogP contribution in [0.3, 0.4) is 0 Å². The maximum Gasteiger partial charge on any atom is 0.257 e. The molecule has 4 nitrogen and oxygen atoms in total. The third kappa shape index (κ3) is 3.01. The van der Waals surface area contributed by atoms with Gasteiger partial charge in [-0.1, -0.05) is 46.6 Å². The van der Waals surface area contributed by atoms with Gasteiger partial charge in [0.2, 0.25) is 0 Å². The van der Waals surface area contributed by atoms with Crippen LogP contribution in [0.1, 0.15) is 11.4 Å². The topological polar surface area (TPSA) is 59.2 Å². The summed E-state index contributed by atoms with van der Waals surface area (Å²) in [6.07, 6.45) is 0.481. The second-order valence-corrected chi connectivity index (χ2v) is 5.26. The molecule has 0 amide bonds. The minimum Gasteiger partial charge on any atom is -0.506 e. The Morgan fingerprint density at radius 3 is 2.62 bits per heavy atom. The highest BCUT2D eigenvalue weighted by molar-refractivity contribution is 6.32. The Morgan fingerprint density at radius 1 is 1.05 bits per heavy atom. The van der Waals surface area contributed by atoms with E-state index >= 15 is 0 Å². The van der Waals surface area contributed by atoms with E-state index in [1.165, 1.54) is 6.07 Å². The van der Waals surface area contributed by atoms with Crippen LogP contribution < -0.4 is 0 Å². The molecule has 1 aromatic heterocycles. The fourth-order valence-electron chi connectivity index (χ4n) is 1.90. The Balaban J connectivity index is 1.86. The van der Waals surface area contributed by atoms with Crippen molar-refractivity contribution in [2.24, 2.45) is 0 Å². The van der Waals surface area contributed by atoms with E-state index in [-0.39, 0.29) is 10.8 Å². The lowest BCUT2D eigenvalue weighted by Crippen LogP contribution is -1.91. The molecule has 1 heterocycles. The summed E-state index contributed by atoms with van der Waals surface area (Å²) in [5.74, 6) is 0.887. The summed E-state index contributed by atoms with van der Waals surface area (Å²) in [7, 11) is 0. The molecule has 0 bridgehead atoms. The number of benzene rings is 2. The average Bonchev–Trinajstić information content (AvgIpc) is 2.93. The maximum absolute atomic E-state index is 9.41. The summed E-state index contributed by atoms with van der Waals surface area (Å²) in [6, 6.07) is 12.2. The van der Waals surface area contributed by atoms with E-state index < -0.39 is 0 Å². The van der Waals surface area contributed by atoms with Gasteiger partial charge < -0.3 is 9.63 Å². The minimum absolute atomic E-state index is 0.0104. The van der Waals surface area contributed by atoms with Crippen LogP contribution in [0, 0.1) is 0 Å². The van der Waals surface area contributed by atoms with Gasteiger partial charge in [-0.05, 0) is 29.8 Å². The lowest BCUT2D eigenvalue weighted by molar-refractivity contribution is 0.423. The molecule has 0 fully saturated rings. The van der Waals surface area contributed by atoms with E-state index in [1.807, 2.05) is 24.3 Å². The van der Waals surface area contributed by atoms with Crippen LogP contribution >= 0.6 is 23.2 Å². The van der Waals surface area contributed by atoms with Crippen molar-refractivity contribution >= 4 is 23.2 Å². The van der Waals surface area contributed by atoms with E-state index in [9.17, 15) is 5.11 Å². The number of halogens is 2. The SMILES string of the molecule is Oc1ccc(-c2nc(Cc3ccccc3Cl)no2)cc1Cl. The molecule has 6 heteroatoms. The second kappa shape index (κ2) is 5.76. The first-order chi connectivity index (χ1) is 10.1. The molecule has 3 rings (SSSR count). The number of phenols is 1. The zero-order valence-electron chi connectivity index (χ0n) is 10.8. The predicted molar refractivity (Wildman–Crippen MR) is 80.7 cm³/mol. The van der Waals surface area contributed by atoms with E-state index in [2.05, 4.69) is 10.1 Å². The Labute approximate surface area is 130 Å². The number of rotatable bonds is 3. The van der Waals surface area contributed by atoms with Gasteiger partial charge in [0.15, 0.2) is 5.82 Å². The highest BCUT2D eigenvalue weighted by Gasteiger charge is 2.12. The summed E-state index contributed by atoms with van der Waals surface area (Å²) in [6.45, 7) is 0. The molecule has 0 radical (unpaired) electrons. The molecular formula is C15H10Cl2N2O2. The quantitative estimate of drug-likeness (QED) is 0.779. The van der Waals surface area contributed by atoms with Crippen molar-refractivity contribution in [2.45, 2.75) is 6.42 Å². The highest BCUT2D eigenvalue weighted by Crippen LogP contribution is 2.28. The molecule has 2 aromatic carbocycles. The third-order valence-corrected chi connectivity index (χ3v) is 3.64. The molecule has 0 spiro atoms. The van der Waals surface area contributed by atoms with E-state index in [0.29, 0.717) is 28.7 Å². The van der Waals surface area contributed by atoms with Crippen molar-refractivity contribution in [1.82, 2.24) is 10.1 Å². The molecule has 106 valence electrons. The number of hydrogen-bond acceptors (Lipinski definition) is 4. The lowest BCUT2D eigenvalue weighted by atomic mass is 10.1. The molecule has 0 atom stereocenters. The number of phenolic OH excluding ortho intramolecular Hbond substituents is 1. The van der Waals surface area contributed by atoms with Gasteiger partial charge in [0.1, 0.15) is 5.75 Å². The van der Waals surface area contributed by atoms with Crippen LogP contribution in [0.15, 0.2) is 47.0 Å². The summed E-state index contributed by atoms with van der Waals surface area (Å²) in [5, 5.41) is 14.2. The molecule has 0 aliphatic rings. The van der Waals surface area contributed by atoms with Crippen molar-refractivity contribution in [3.63, 3.8) is 0 Å². The number of aromatic hydroxyl groups is 1. The van der Waals surface area contributed by atoms with Crippen LogP contribution in [-0.4, -0.2) is 15.2 Å². The number of aromatic nitrogens is 2. The first-order valence-corrected chi connectivity index (χ1v) is 6.94. The van der Waals surface area contributed by atoms with Crippen LogP contribution in [0.5, 0.6) is 5.75 Å². The molecule has 3 aromatic rings. The molecule has 0 unspecified atom stereocenters. The Bertz CT molecular complexity index is 787. The fourth-order valence-corrected chi connectivity index (χ4v) is 2.28. The molecule has 1 N–H and O–H groups in total. The molecule has 0 saturated heterocycles. The normalized spacial score (nSPS) is 10.8. The van der Waals surface area contributed by atoms with Gasteiger partial charge in [0.05, 0.1) is 5.02 Å². The van der Waals surface area contributed by atoms with Gasteiger partial charge in [-0.25, -0.2) is 0 Å². The summed E-state index contributed by atoms with van der Waals surface area (Å²) < 4.78 is 5.21. The smallest absolute Gasteiger partial charge is 0.257 e. The van der Waals surface area contributed by atoms with Gasteiger partial charge >= 0.3 is 0 Å². The average molecular weight is 321 g/mol. The van der Waals surface area contributed by atoms with Crippen LogP contribution in [0.2, 0.25) is 10.0 Å². The standard InChI is InChI=1S/C15H10Cl2N2O2/c16-11-4-2-1-3-9(11)8-14-18-15(21-19-14)10-5-6-13(20)12(17)7-10/h1-7,20H,8H2. The molecule has 21 heavy (non-hydrogen) atoms. The lowest BCUT2D eigenvalue weighted by Gasteiger charge is -1.99. The fraction of sp³-hybridized carbons (Fsp3) is 0.0667. The van der Waals surface area contributed by atoms with Crippen molar-refractivity contribution in [1.29, 1.82) is 0 Å². The zero-order valence-corrected chi connectivity index (χ0v) is 12.3. The number of hydrogen-bond donors (Lipinski definition) is 1. The van der Waals surface area contributed by atoms with Crippen LogP contribution in [-0.2, 0) is 6.42 Å². The third-order valence-electron chi connectivity index (χ3n) is 2.97. The van der Waals surface area contributed by atoms with Crippen LogP contribution in [0.25, 0.3) is 11.5 Å². The monoisotopic (exact) mass is 320 g/mol. The van der Waals surface area contributed by atoms with Gasteiger partial charge in [-0.2, -0.15) is 4.98 Å². The maximum atomic E-state index is 9.41. The largest absolute Gasteiger partial charge is 0.506 e. The number of nitrogens with zero attached hydrogens (tertiary/aromatic N) is 2. The van der Waals surface area contributed by atoms with E-state index in [4.69, 9.17) is 27.7 Å². The van der Waals surface area contributed by atoms with Crippen molar-refractivity contribution in [3.8, 4) is 17.2 Å². The first kappa shape index (κ1) is 13.9. The Morgan fingerprint density at radius 2 is 1.86 bits per heavy atom. The predicted octanol–water partition coefficient (Wildman–Crippen LogP) is 4.34. The van der Waals surface area contributed by atoms with E-state index in [1.54, 1.807) is 12.1 Å². The molecule has 0 aliphatic carbocycles. The Kier molecular flexibility index (Phi) is 3.82. The zero-order chi connectivity index (χ0) is 14.8. The van der Waals surface area contributed by atoms with Gasteiger partial charge in [-0.3, -0.25) is 0 Å². The minimum atomic E-state index is 0.0104.